The summed E-state index contributed by atoms with van der Waals surface area (Å²) in [6.45, 7) is 1.90. The second kappa shape index (κ2) is 9.35. The molecule has 0 saturated heterocycles. The molecular weight excluding hydrogens is 428 g/mol. The van der Waals surface area contributed by atoms with Gasteiger partial charge in [0.1, 0.15) is 0 Å². The van der Waals surface area contributed by atoms with Crippen molar-refractivity contribution in [3.8, 4) is 0 Å². The number of hydrogen-bond donors (Lipinski definition) is 2. The second-order valence-corrected chi connectivity index (χ2v) is 9.46. The van der Waals surface area contributed by atoms with Gasteiger partial charge in [0, 0.05) is 21.3 Å². The van der Waals surface area contributed by atoms with E-state index in [1.165, 1.54) is 11.8 Å². The van der Waals surface area contributed by atoms with Crippen molar-refractivity contribution in [2.24, 2.45) is 0 Å². The zero-order valence-corrected chi connectivity index (χ0v) is 17.9. The average molecular weight is 447 g/mol. The highest BCUT2D eigenvalue weighted by molar-refractivity contribution is 8.00. The van der Waals surface area contributed by atoms with Crippen LogP contribution in [0.1, 0.15) is 5.56 Å². The molecule has 3 aromatic carbocycles. The Kier molecular flexibility index (Phi) is 6.84. The monoisotopic (exact) mass is 446 g/mol. The molecule has 1 amide bonds. The summed E-state index contributed by atoms with van der Waals surface area (Å²) in [4.78, 5) is 13.1. The molecule has 8 heteroatoms. The van der Waals surface area contributed by atoms with Gasteiger partial charge in [-0.3, -0.25) is 9.52 Å². The topological polar surface area (TPSA) is 75.3 Å². The smallest absolute Gasteiger partial charge is 0.261 e. The van der Waals surface area contributed by atoms with Crippen LogP contribution in [-0.4, -0.2) is 20.1 Å². The predicted molar refractivity (Wildman–Crippen MR) is 119 cm³/mol. The van der Waals surface area contributed by atoms with Crippen molar-refractivity contribution < 1.29 is 13.2 Å². The first-order chi connectivity index (χ1) is 13.8. The van der Waals surface area contributed by atoms with Crippen molar-refractivity contribution in [2.45, 2.75) is 16.7 Å². The molecule has 0 fully saturated rings. The zero-order chi connectivity index (χ0) is 20.9. The van der Waals surface area contributed by atoms with Gasteiger partial charge >= 0.3 is 0 Å². The lowest BCUT2D eigenvalue weighted by Crippen LogP contribution is -2.14. The van der Waals surface area contributed by atoms with Gasteiger partial charge in [-0.2, -0.15) is 0 Å². The standard InChI is InChI=1S/C21H19ClN2O3S2/c1-15-5-11-20(12-6-15)29(26,27)24-17-7-9-19(10-8-17)28-14-21(25)23-18-4-2-3-16(22)13-18/h2-13,24H,14H2,1H3,(H,23,25). The number of halogens is 1. The summed E-state index contributed by atoms with van der Waals surface area (Å²) in [6, 6.07) is 20.5. The van der Waals surface area contributed by atoms with Crippen molar-refractivity contribution >= 4 is 50.7 Å². The van der Waals surface area contributed by atoms with Gasteiger partial charge < -0.3 is 5.32 Å². The van der Waals surface area contributed by atoms with Gasteiger partial charge in [-0.15, -0.1) is 11.8 Å². The molecule has 0 radical (unpaired) electrons. The summed E-state index contributed by atoms with van der Waals surface area (Å²) in [5, 5.41) is 3.34. The van der Waals surface area contributed by atoms with Gasteiger partial charge in [-0.05, 0) is 61.5 Å². The van der Waals surface area contributed by atoms with E-state index >= 15 is 0 Å². The van der Waals surface area contributed by atoms with E-state index in [2.05, 4.69) is 10.0 Å². The van der Waals surface area contributed by atoms with Gasteiger partial charge in [0.25, 0.3) is 10.0 Å². The fraction of sp³-hybridized carbons (Fsp3) is 0.0952. The number of aryl methyl sites for hydroxylation is 1. The van der Waals surface area contributed by atoms with Crippen molar-refractivity contribution in [3.63, 3.8) is 0 Å². The van der Waals surface area contributed by atoms with Crippen LogP contribution in [0.5, 0.6) is 0 Å². The first kappa shape index (κ1) is 21.2. The molecule has 0 bridgehead atoms. The highest BCUT2D eigenvalue weighted by Crippen LogP contribution is 2.23. The molecule has 3 rings (SSSR count). The fourth-order valence-corrected chi connectivity index (χ4v) is 4.41. The van der Waals surface area contributed by atoms with Crippen molar-refractivity contribution in [2.75, 3.05) is 15.8 Å². The van der Waals surface area contributed by atoms with E-state index in [9.17, 15) is 13.2 Å². The van der Waals surface area contributed by atoms with Crippen LogP contribution in [0.2, 0.25) is 5.02 Å². The molecule has 29 heavy (non-hydrogen) atoms. The number of amides is 1. The molecule has 0 aromatic heterocycles. The van der Waals surface area contributed by atoms with Crippen LogP contribution < -0.4 is 10.0 Å². The summed E-state index contributed by atoms with van der Waals surface area (Å²) in [5.74, 6) is 0.0717. The number of hydrogen-bond acceptors (Lipinski definition) is 4. The minimum Gasteiger partial charge on any atom is -0.325 e. The summed E-state index contributed by atoms with van der Waals surface area (Å²) >= 11 is 7.26. The summed E-state index contributed by atoms with van der Waals surface area (Å²) < 4.78 is 27.4. The highest BCUT2D eigenvalue weighted by atomic mass is 35.5. The van der Waals surface area contributed by atoms with E-state index in [1.54, 1.807) is 72.8 Å². The first-order valence-corrected chi connectivity index (χ1v) is 11.5. The molecule has 0 atom stereocenters. The number of thioether (sulfide) groups is 1. The second-order valence-electron chi connectivity index (χ2n) is 6.29. The SMILES string of the molecule is Cc1ccc(S(=O)(=O)Nc2ccc(SCC(=O)Nc3cccc(Cl)c3)cc2)cc1. The lowest BCUT2D eigenvalue weighted by atomic mass is 10.2. The largest absolute Gasteiger partial charge is 0.325 e. The van der Waals surface area contributed by atoms with E-state index in [-0.39, 0.29) is 16.6 Å². The molecule has 150 valence electrons. The molecule has 5 nitrogen and oxygen atoms in total. The third kappa shape index (κ3) is 6.25. The fourth-order valence-electron chi connectivity index (χ4n) is 2.46. The number of carbonyl (C=O) groups excluding carboxylic acids is 1. The van der Waals surface area contributed by atoms with E-state index in [0.717, 1.165) is 10.5 Å². The molecule has 0 unspecified atom stereocenters. The number of benzene rings is 3. The van der Waals surface area contributed by atoms with E-state index in [0.29, 0.717) is 16.4 Å². The van der Waals surface area contributed by atoms with Crippen LogP contribution in [0, 0.1) is 6.92 Å². The average Bonchev–Trinajstić information content (AvgIpc) is 2.67. The minimum atomic E-state index is -3.64. The number of anilines is 2. The third-order valence-electron chi connectivity index (χ3n) is 3.92. The number of carbonyl (C=O) groups is 1. The lowest BCUT2D eigenvalue weighted by Gasteiger charge is -2.09. The van der Waals surface area contributed by atoms with Crippen LogP contribution >= 0.6 is 23.4 Å². The molecule has 0 aliphatic rings. The van der Waals surface area contributed by atoms with Gasteiger partial charge in [-0.25, -0.2) is 8.42 Å². The molecule has 0 heterocycles. The van der Waals surface area contributed by atoms with Gasteiger partial charge in [0.15, 0.2) is 0 Å². The van der Waals surface area contributed by atoms with E-state index < -0.39 is 10.0 Å². The minimum absolute atomic E-state index is 0.151. The first-order valence-electron chi connectivity index (χ1n) is 8.70. The van der Waals surface area contributed by atoms with Crippen LogP contribution in [0.15, 0.2) is 82.6 Å². The Morgan fingerprint density at radius 2 is 1.66 bits per heavy atom. The van der Waals surface area contributed by atoms with Crippen molar-refractivity contribution in [1.82, 2.24) is 0 Å². The predicted octanol–water partition coefficient (Wildman–Crippen LogP) is 5.18. The van der Waals surface area contributed by atoms with Crippen LogP contribution in [-0.2, 0) is 14.8 Å². The lowest BCUT2D eigenvalue weighted by molar-refractivity contribution is -0.113. The normalized spacial score (nSPS) is 11.1. The Labute approximate surface area is 179 Å². The number of rotatable bonds is 7. The maximum atomic E-state index is 12.4. The molecular formula is C21H19ClN2O3S2. The third-order valence-corrected chi connectivity index (χ3v) is 6.56. The van der Waals surface area contributed by atoms with Crippen molar-refractivity contribution in [3.05, 3.63) is 83.4 Å². The van der Waals surface area contributed by atoms with Crippen molar-refractivity contribution in [1.29, 1.82) is 0 Å². The van der Waals surface area contributed by atoms with Crippen LogP contribution in [0.4, 0.5) is 11.4 Å². The molecule has 0 aliphatic heterocycles. The molecule has 0 spiro atoms. The highest BCUT2D eigenvalue weighted by Gasteiger charge is 2.13. The summed E-state index contributed by atoms with van der Waals surface area (Å²) in [6.07, 6.45) is 0. The Morgan fingerprint density at radius 3 is 2.31 bits per heavy atom. The molecule has 2 N–H and O–H groups in total. The zero-order valence-electron chi connectivity index (χ0n) is 15.6. The van der Waals surface area contributed by atoms with Gasteiger partial charge in [-0.1, -0.05) is 35.4 Å². The Bertz CT molecular complexity index is 1100. The maximum absolute atomic E-state index is 12.4. The molecule has 3 aromatic rings. The maximum Gasteiger partial charge on any atom is 0.261 e. The Hall–Kier alpha value is -2.48. The summed E-state index contributed by atoms with van der Waals surface area (Å²) in [5.41, 5.74) is 2.09. The van der Waals surface area contributed by atoms with Gasteiger partial charge in [0.2, 0.25) is 5.91 Å². The molecule has 0 saturated carbocycles. The number of sulfonamides is 1. The quantitative estimate of drug-likeness (QED) is 0.490. The van der Waals surface area contributed by atoms with E-state index in [4.69, 9.17) is 11.6 Å². The Balaban J connectivity index is 1.56. The number of nitrogens with one attached hydrogen (secondary N) is 2. The molecule has 0 aliphatic carbocycles. The summed E-state index contributed by atoms with van der Waals surface area (Å²) in [7, 11) is -3.64. The van der Waals surface area contributed by atoms with E-state index in [1.807, 2.05) is 6.92 Å². The van der Waals surface area contributed by atoms with Crippen LogP contribution in [0.3, 0.4) is 0 Å². The Morgan fingerprint density at radius 1 is 0.966 bits per heavy atom. The van der Waals surface area contributed by atoms with Gasteiger partial charge in [0.05, 0.1) is 10.6 Å². The van der Waals surface area contributed by atoms with Crippen LogP contribution in [0.25, 0.3) is 0 Å².